The predicted octanol–water partition coefficient (Wildman–Crippen LogP) is 3.87. The first-order valence-corrected chi connectivity index (χ1v) is 5.66. The number of nitrogens with zero attached hydrogens (tertiary/aromatic N) is 1. The number of alkyl halides is 1. The Morgan fingerprint density at radius 2 is 2.00 bits per heavy atom. The lowest BCUT2D eigenvalue weighted by Crippen LogP contribution is -1.96. The van der Waals surface area contributed by atoms with Gasteiger partial charge in [0.2, 0.25) is 0 Å². The van der Waals surface area contributed by atoms with E-state index in [1.165, 1.54) is 0 Å². The average molecular weight is 233 g/mol. The largest absolute Gasteiger partial charge is 0.355 e. The molecule has 0 spiro atoms. The number of halogens is 1. The maximum atomic E-state index is 5.89. The first-order valence-electron chi connectivity index (χ1n) is 5.13. The van der Waals surface area contributed by atoms with E-state index in [1.807, 2.05) is 43.5 Å². The van der Waals surface area contributed by atoms with E-state index in [1.54, 1.807) is 6.20 Å². The Morgan fingerprint density at radius 3 is 2.75 bits per heavy atom. The molecule has 0 unspecified atom stereocenters. The van der Waals surface area contributed by atoms with E-state index in [0.29, 0.717) is 5.88 Å². The van der Waals surface area contributed by atoms with Crippen molar-refractivity contribution >= 4 is 23.0 Å². The maximum Gasteiger partial charge on any atom is 0.0494 e. The molecule has 82 valence electrons. The lowest BCUT2D eigenvalue weighted by molar-refractivity contribution is 1.26. The molecule has 0 aliphatic rings. The maximum absolute atomic E-state index is 5.89. The Hall–Kier alpha value is -1.54. The van der Waals surface area contributed by atoms with Crippen LogP contribution in [-0.4, -0.2) is 4.98 Å². The first-order chi connectivity index (χ1) is 7.81. The molecule has 2 rings (SSSR count). The van der Waals surface area contributed by atoms with Gasteiger partial charge in [0.1, 0.15) is 0 Å². The summed E-state index contributed by atoms with van der Waals surface area (Å²) in [6.07, 6.45) is 3.62. The second-order valence-corrected chi connectivity index (χ2v) is 3.87. The number of aromatic nitrogens is 1. The smallest absolute Gasteiger partial charge is 0.0494 e. The SMILES string of the molecule is Cc1cnccc1Nc1ccccc1CCl. The van der Waals surface area contributed by atoms with Gasteiger partial charge in [0.15, 0.2) is 0 Å². The predicted molar refractivity (Wildman–Crippen MR) is 68.3 cm³/mol. The summed E-state index contributed by atoms with van der Waals surface area (Å²) in [6.45, 7) is 2.03. The zero-order chi connectivity index (χ0) is 11.4. The van der Waals surface area contributed by atoms with Crippen LogP contribution in [0.4, 0.5) is 11.4 Å². The molecule has 0 radical (unpaired) electrons. The van der Waals surface area contributed by atoms with E-state index >= 15 is 0 Å². The molecule has 1 aromatic carbocycles. The van der Waals surface area contributed by atoms with Crippen LogP contribution in [0.5, 0.6) is 0 Å². The molecule has 0 saturated heterocycles. The lowest BCUT2D eigenvalue weighted by Gasteiger charge is -2.11. The second-order valence-electron chi connectivity index (χ2n) is 3.61. The highest BCUT2D eigenvalue weighted by molar-refractivity contribution is 6.17. The van der Waals surface area contributed by atoms with Gasteiger partial charge < -0.3 is 5.32 Å². The molecule has 0 fully saturated rings. The molecule has 0 amide bonds. The monoisotopic (exact) mass is 232 g/mol. The van der Waals surface area contributed by atoms with Gasteiger partial charge in [0.25, 0.3) is 0 Å². The number of rotatable bonds is 3. The normalized spacial score (nSPS) is 10.1. The van der Waals surface area contributed by atoms with Crippen molar-refractivity contribution in [3.8, 4) is 0 Å². The van der Waals surface area contributed by atoms with E-state index in [4.69, 9.17) is 11.6 Å². The molecule has 2 nitrogen and oxygen atoms in total. The van der Waals surface area contributed by atoms with E-state index in [9.17, 15) is 0 Å². The summed E-state index contributed by atoms with van der Waals surface area (Å²) in [5, 5.41) is 3.37. The summed E-state index contributed by atoms with van der Waals surface area (Å²) < 4.78 is 0. The van der Waals surface area contributed by atoms with E-state index in [0.717, 1.165) is 22.5 Å². The van der Waals surface area contributed by atoms with Crippen LogP contribution in [0.3, 0.4) is 0 Å². The molecule has 1 aromatic heterocycles. The number of para-hydroxylation sites is 1. The Balaban J connectivity index is 2.30. The fourth-order valence-corrected chi connectivity index (χ4v) is 1.75. The van der Waals surface area contributed by atoms with Crippen LogP contribution in [-0.2, 0) is 5.88 Å². The number of nitrogens with one attached hydrogen (secondary N) is 1. The third-order valence-corrected chi connectivity index (χ3v) is 2.74. The molecular weight excluding hydrogens is 220 g/mol. The van der Waals surface area contributed by atoms with E-state index in [-0.39, 0.29) is 0 Å². The lowest BCUT2D eigenvalue weighted by atomic mass is 10.2. The highest BCUT2D eigenvalue weighted by atomic mass is 35.5. The zero-order valence-corrected chi connectivity index (χ0v) is 9.83. The van der Waals surface area contributed by atoms with Gasteiger partial charge in [-0.2, -0.15) is 0 Å². The van der Waals surface area contributed by atoms with Gasteiger partial charge in [-0.25, -0.2) is 0 Å². The van der Waals surface area contributed by atoms with Crippen LogP contribution < -0.4 is 5.32 Å². The molecule has 0 aliphatic carbocycles. The van der Waals surface area contributed by atoms with E-state index in [2.05, 4.69) is 10.3 Å². The van der Waals surface area contributed by atoms with Crippen molar-refractivity contribution in [3.05, 3.63) is 53.9 Å². The zero-order valence-electron chi connectivity index (χ0n) is 9.07. The Morgan fingerprint density at radius 1 is 1.19 bits per heavy atom. The minimum atomic E-state index is 0.507. The second kappa shape index (κ2) is 4.99. The van der Waals surface area contributed by atoms with Crippen molar-refractivity contribution in [3.63, 3.8) is 0 Å². The van der Waals surface area contributed by atoms with Crippen LogP contribution in [0, 0.1) is 6.92 Å². The van der Waals surface area contributed by atoms with Crippen LogP contribution in [0.15, 0.2) is 42.7 Å². The third-order valence-electron chi connectivity index (χ3n) is 2.45. The summed E-state index contributed by atoms with van der Waals surface area (Å²) in [4.78, 5) is 4.06. The summed E-state index contributed by atoms with van der Waals surface area (Å²) in [6, 6.07) is 9.99. The molecule has 1 N–H and O–H groups in total. The van der Waals surface area contributed by atoms with Gasteiger partial charge in [-0.15, -0.1) is 11.6 Å². The Kier molecular flexibility index (Phi) is 3.42. The molecule has 16 heavy (non-hydrogen) atoms. The molecule has 0 atom stereocenters. The molecule has 1 heterocycles. The van der Waals surface area contributed by atoms with Crippen molar-refractivity contribution in [1.82, 2.24) is 4.98 Å². The van der Waals surface area contributed by atoms with Crippen molar-refractivity contribution in [2.24, 2.45) is 0 Å². The average Bonchev–Trinajstić information content (AvgIpc) is 2.33. The van der Waals surface area contributed by atoms with Gasteiger partial charge in [-0.05, 0) is 30.2 Å². The van der Waals surface area contributed by atoms with Crippen LogP contribution in [0.25, 0.3) is 0 Å². The van der Waals surface area contributed by atoms with Crippen molar-refractivity contribution in [2.45, 2.75) is 12.8 Å². The number of hydrogen-bond donors (Lipinski definition) is 1. The minimum absolute atomic E-state index is 0.507. The number of hydrogen-bond acceptors (Lipinski definition) is 2. The molecule has 0 aliphatic heterocycles. The standard InChI is InChI=1S/C13H13ClN2/c1-10-9-15-7-6-12(10)16-13-5-3-2-4-11(13)8-14/h2-7,9H,8H2,1H3,(H,15,16). The van der Waals surface area contributed by atoms with Gasteiger partial charge in [0, 0.05) is 29.6 Å². The third kappa shape index (κ3) is 2.34. The fourth-order valence-electron chi connectivity index (χ4n) is 1.52. The van der Waals surface area contributed by atoms with Gasteiger partial charge in [-0.3, -0.25) is 4.98 Å². The highest BCUT2D eigenvalue weighted by Crippen LogP contribution is 2.23. The van der Waals surface area contributed by atoms with Crippen molar-refractivity contribution < 1.29 is 0 Å². The molecule has 0 saturated carbocycles. The topological polar surface area (TPSA) is 24.9 Å². The van der Waals surface area contributed by atoms with Crippen LogP contribution in [0.2, 0.25) is 0 Å². The summed E-state index contributed by atoms with van der Waals surface area (Å²) >= 11 is 5.89. The summed E-state index contributed by atoms with van der Waals surface area (Å²) in [5.41, 5.74) is 4.33. The quantitative estimate of drug-likeness (QED) is 0.813. The number of pyridine rings is 1. The number of benzene rings is 1. The summed E-state index contributed by atoms with van der Waals surface area (Å²) in [7, 11) is 0. The fraction of sp³-hybridized carbons (Fsp3) is 0.154. The van der Waals surface area contributed by atoms with Crippen molar-refractivity contribution in [2.75, 3.05) is 5.32 Å². The Bertz CT molecular complexity index is 483. The summed E-state index contributed by atoms with van der Waals surface area (Å²) in [5.74, 6) is 0.507. The molecule has 3 heteroatoms. The van der Waals surface area contributed by atoms with Crippen molar-refractivity contribution in [1.29, 1.82) is 0 Å². The molecular formula is C13H13ClN2. The minimum Gasteiger partial charge on any atom is -0.355 e. The van der Waals surface area contributed by atoms with Gasteiger partial charge in [-0.1, -0.05) is 18.2 Å². The number of aryl methyl sites for hydroxylation is 1. The van der Waals surface area contributed by atoms with E-state index < -0.39 is 0 Å². The van der Waals surface area contributed by atoms with Gasteiger partial charge in [0.05, 0.1) is 0 Å². The Labute approximate surface area is 100 Å². The molecule has 0 bridgehead atoms. The first kappa shape index (κ1) is 11.0. The molecule has 2 aromatic rings. The highest BCUT2D eigenvalue weighted by Gasteiger charge is 2.02. The van der Waals surface area contributed by atoms with Crippen LogP contribution >= 0.6 is 11.6 Å². The number of anilines is 2. The van der Waals surface area contributed by atoms with Gasteiger partial charge >= 0.3 is 0 Å². The van der Waals surface area contributed by atoms with Crippen LogP contribution in [0.1, 0.15) is 11.1 Å².